The van der Waals surface area contributed by atoms with Gasteiger partial charge in [-0.1, -0.05) is 35.9 Å². The minimum absolute atomic E-state index is 0.114. The maximum absolute atomic E-state index is 13.3. The van der Waals surface area contributed by atoms with Crippen molar-refractivity contribution in [3.63, 3.8) is 0 Å². The summed E-state index contributed by atoms with van der Waals surface area (Å²) in [6.07, 6.45) is 0.791. The van der Waals surface area contributed by atoms with Crippen LogP contribution in [0.25, 0.3) is 0 Å². The van der Waals surface area contributed by atoms with Gasteiger partial charge in [0, 0.05) is 23.5 Å². The van der Waals surface area contributed by atoms with Crippen LogP contribution in [0.4, 0.5) is 0 Å². The molecule has 0 saturated carbocycles. The molecule has 2 aromatic rings. The average molecular weight is 459 g/mol. The van der Waals surface area contributed by atoms with Crippen LogP contribution >= 0.6 is 11.6 Å². The topological polar surface area (TPSA) is 67.9 Å². The Hall–Kier alpha value is -2.73. The molecule has 3 rings (SSSR count). The SMILES string of the molecule is C[C@@H](C(=O)NC(C)(C)C)N(Cc1ccccc1Cl)C(=O)CCc1ccc2c(c1)OCCO2. The summed E-state index contributed by atoms with van der Waals surface area (Å²) in [7, 11) is 0. The lowest BCUT2D eigenvalue weighted by Gasteiger charge is -2.31. The molecular formula is C25H31ClN2O4. The summed E-state index contributed by atoms with van der Waals surface area (Å²) in [5.41, 5.74) is 1.39. The van der Waals surface area contributed by atoms with Gasteiger partial charge in [-0.2, -0.15) is 0 Å². The minimum Gasteiger partial charge on any atom is -0.486 e. The van der Waals surface area contributed by atoms with E-state index >= 15 is 0 Å². The highest BCUT2D eigenvalue weighted by Crippen LogP contribution is 2.31. The molecule has 1 aliphatic rings. The number of ether oxygens (including phenoxy) is 2. The second-order valence-corrected chi connectivity index (χ2v) is 9.41. The van der Waals surface area contributed by atoms with E-state index in [0.717, 1.165) is 16.9 Å². The Balaban J connectivity index is 1.74. The van der Waals surface area contributed by atoms with E-state index in [0.29, 0.717) is 30.4 Å². The minimum atomic E-state index is -0.640. The molecule has 172 valence electrons. The molecule has 0 aliphatic carbocycles. The predicted octanol–water partition coefficient (Wildman–Crippen LogP) is 4.38. The first-order valence-corrected chi connectivity index (χ1v) is 11.3. The van der Waals surface area contributed by atoms with E-state index in [9.17, 15) is 9.59 Å². The van der Waals surface area contributed by atoms with Gasteiger partial charge in [0.2, 0.25) is 11.8 Å². The fraction of sp³-hybridized carbons (Fsp3) is 0.440. The van der Waals surface area contributed by atoms with Crippen LogP contribution in [0, 0.1) is 0 Å². The third kappa shape index (κ3) is 6.39. The van der Waals surface area contributed by atoms with Crippen LogP contribution in [0.2, 0.25) is 5.02 Å². The first-order valence-electron chi connectivity index (χ1n) is 10.9. The zero-order valence-electron chi connectivity index (χ0n) is 19.1. The van der Waals surface area contributed by atoms with Crippen LogP contribution in [0.5, 0.6) is 11.5 Å². The molecular weight excluding hydrogens is 428 g/mol. The summed E-state index contributed by atoms with van der Waals surface area (Å²) in [6, 6.07) is 12.5. The van der Waals surface area contributed by atoms with Gasteiger partial charge >= 0.3 is 0 Å². The highest BCUT2D eigenvalue weighted by Gasteiger charge is 2.28. The zero-order chi connectivity index (χ0) is 23.3. The predicted molar refractivity (Wildman–Crippen MR) is 125 cm³/mol. The molecule has 0 spiro atoms. The van der Waals surface area contributed by atoms with Crippen molar-refractivity contribution in [3.05, 3.63) is 58.6 Å². The van der Waals surface area contributed by atoms with Gasteiger partial charge in [-0.15, -0.1) is 0 Å². The van der Waals surface area contributed by atoms with Crippen molar-refractivity contribution in [2.45, 2.75) is 58.7 Å². The Labute approximate surface area is 194 Å². The van der Waals surface area contributed by atoms with Crippen molar-refractivity contribution in [2.24, 2.45) is 0 Å². The van der Waals surface area contributed by atoms with Crippen LogP contribution < -0.4 is 14.8 Å². The number of carbonyl (C=O) groups is 2. The van der Waals surface area contributed by atoms with E-state index in [-0.39, 0.29) is 24.8 Å². The van der Waals surface area contributed by atoms with Gasteiger partial charge in [0.25, 0.3) is 0 Å². The van der Waals surface area contributed by atoms with Crippen LogP contribution in [-0.2, 0) is 22.6 Å². The molecule has 7 heteroatoms. The lowest BCUT2D eigenvalue weighted by molar-refractivity contribution is -0.141. The highest BCUT2D eigenvalue weighted by atomic mass is 35.5. The number of halogens is 1. The largest absolute Gasteiger partial charge is 0.486 e. The molecule has 6 nitrogen and oxygen atoms in total. The fourth-order valence-electron chi connectivity index (χ4n) is 3.50. The molecule has 0 unspecified atom stereocenters. The van der Waals surface area contributed by atoms with Crippen molar-refractivity contribution >= 4 is 23.4 Å². The van der Waals surface area contributed by atoms with Gasteiger partial charge in [-0.3, -0.25) is 9.59 Å². The fourth-order valence-corrected chi connectivity index (χ4v) is 3.70. The van der Waals surface area contributed by atoms with Crippen LogP contribution in [0.1, 0.15) is 45.2 Å². The van der Waals surface area contributed by atoms with Crippen molar-refractivity contribution in [3.8, 4) is 11.5 Å². The second-order valence-electron chi connectivity index (χ2n) is 9.01. The molecule has 1 heterocycles. The number of benzene rings is 2. The van der Waals surface area contributed by atoms with E-state index in [1.54, 1.807) is 17.9 Å². The number of rotatable bonds is 7. The Morgan fingerprint density at radius 3 is 2.47 bits per heavy atom. The van der Waals surface area contributed by atoms with Gasteiger partial charge < -0.3 is 19.7 Å². The lowest BCUT2D eigenvalue weighted by atomic mass is 10.1. The number of fused-ring (bicyclic) bond motifs is 1. The third-order valence-electron chi connectivity index (χ3n) is 5.20. The van der Waals surface area contributed by atoms with Crippen molar-refractivity contribution in [1.29, 1.82) is 0 Å². The van der Waals surface area contributed by atoms with Crippen LogP contribution in [-0.4, -0.2) is 41.5 Å². The second kappa shape index (κ2) is 10.3. The number of hydrogen-bond donors (Lipinski definition) is 1. The smallest absolute Gasteiger partial charge is 0.242 e. The summed E-state index contributed by atoms with van der Waals surface area (Å²) in [4.78, 5) is 27.7. The average Bonchev–Trinajstić information content (AvgIpc) is 2.75. The summed E-state index contributed by atoms with van der Waals surface area (Å²) in [5, 5.41) is 3.54. The van der Waals surface area contributed by atoms with Gasteiger partial charge in [-0.05, 0) is 63.4 Å². The monoisotopic (exact) mass is 458 g/mol. The Bertz CT molecular complexity index is 971. The van der Waals surface area contributed by atoms with Crippen LogP contribution in [0.15, 0.2) is 42.5 Å². The standard InChI is InChI=1S/C25H31ClN2O4/c1-17(24(30)27-25(2,3)4)28(16-19-7-5-6-8-20(19)26)23(29)12-10-18-9-11-21-22(15-18)32-14-13-31-21/h5-9,11,15,17H,10,12-14,16H2,1-4H3,(H,27,30)/t17-/m0/s1. The van der Waals surface area contributed by atoms with E-state index in [1.807, 2.05) is 57.2 Å². The summed E-state index contributed by atoms with van der Waals surface area (Å²) < 4.78 is 11.2. The van der Waals surface area contributed by atoms with Crippen molar-refractivity contribution in [2.75, 3.05) is 13.2 Å². The molecule has 0 bridgehead atoms. The number of aryl methyl sites for hydroxylation is 1. The molecule has 1 aliphatic heterocycles. The van der Waals surface area contributed by atoms with E-state index in [1.165, 1.54) is 0 Å². The quantitative estimate of drug-likeness (QED) is 0.668. The summed E-state index contributed by atoms with van der Waals surface area (Å²) in [6.45, 7) is 8.81. The first kappa shape index (κ1) is 23.9. The molecule has 32 heavy (non-hydrogen) atoms. The molecule has 1 atom stereocenters. The van der Waals surface area contributed by atoms with E-state index in [4.69, 9.17) is 21.1 Å². The number of nitrogens with zero attached hydrogens (tertiary/aromatic N) is 1. The Kier molecular flexibility index (Phi) is 7.67. The van der Waals surface area contributed by atoms with E-state index < -0.39 is 11.6 Å². The lowest BCUT2D eigenvalue weighted by Crippen LogP contribution is -2.52. The third-order valence-corrected chi connectivity index (χ3v) is 5.57. The Morgan fingerprint density at radius 2 is 1.78 bits per heavy atom. The number of hydrogen-bond acceptors (Lipinski definition) is 4. The molecule has 0 saturated heterocycles. The number of amides is 2. The van der Waals surface area contributed by atoms with Gasteiger partial charge in [0.15, 0.2) is 11.5 Å². The first-order chi connectivity index (χ1) is 15.1. The van der Waals surface area contributed by atoms with Gasteiger partial charge in [0.05, 0.1) is 0 Å². The number of carbonyl (C=O) groups excluding carboxylic acids is 2. The molecule has 2 amide bonds. The molecule has 0 radical (unpaired) electrons. The molecule has 2 aromatic carbocycles. The van der Waals surface area contributed by atoms with Gasteiger partial charge in [0.1, 0.15) is 19.3 Å². The summed E-state index contributed by atoms with van der Waals surface area (Å²) >= 11 is 6.34. The van der Waals surface area contributed by atoms with Crippen LogP contribution in [0.3, 0.4) is 0 Å². The maximum atomic E-state index is 13.3. The van der Waals surface area contributed by atoms with Crippen molar-refractivity contribution < 1.29 is 19.1 Å². The van der Waals surface area contributed by atoms with E-state index in [2.05, 4.69) is 5.32 Å². The molecule has 0 aromatic heterocycles. The maximum Gasteiger partial charge on any atom is 0.242 e. The Morgan fingerprint density at radius 1 is 1.09 bits per heavy atom. The summed E-state index contributed by atoms with van der Waals surface area (Å²) in [5.74, 6) is 1.11. The van der Waals surface area contributed by atoms with Crippen molar-refractivity contribution in [1.82, 2.24) is 10.2 Å². The highest BCUT2D eigenvalue weighted by molar-refractivity contribution is 6.31. The zero-order valence-corrected chi connectivity index (χ0v) is 19.9. The van der Waals surface area contributed by atoms with Gasteiger partial charge in [-0.25, -0.2) is 0 Å². The number of nitrogens with one attached hydrogen (secondary N) is 1. The molecule has 1 N–H and O–H groups in total. The normalized spacial score (nSPS) is 13.9. The molecule has 0 fully saturated rings.